The summed E-state index contributed by atoms with van der Waals surface area (Å²) in [6.45, 7) is 3.16. The van der Waals surface area contributed by atoms with Gasteiger partial charge in [0, 0.05) is 11.4 Å². The number of Topliss-reactive ketones (excluding diaryl/α,β-unsaturated/α-hetero) is 2. The molecule has 2 unspecified atom stereocenters. The molecule has 0 saturated carbocycles. The molecule has 1 aliphatic rings. The maximum Gasteiger partial charge on any atom is 0.295 e. The Kier molecular flexibility index (Phi) is 3.64. The number of imidazole rings is 1. The fourth-order valence-corrected chi connectivity index (χ4v) is 3.46. The zero-order valence-corrected chi connectivity index (χ0v) is 14.3. The molecule has 1 aromatic carbocycles. The number of carbonyl (C=O) groups excluding carboxylic acids is 3. The fourth-order valence-electron chi connectivity index (χ4n) is 3.46. The fraction of sp³-hybridized carbons (Fsp3) is 0.211. The predicted molar refractivity (Wildman–Crippen MR) is 94.5 cm³/mol. The van der Waals surface area contributed by atoms with Crippen LogP contribution in [-0.4, -0.2) is 32.4 Å². The Balaban J connectivity index is 1.90. The normalized spacial score (nSPS) is 20.2. The van der Waals surface area contributed by atoms with Crippen molar-refractivity contribution in [2.45, 2.75) is 19.9 Å². The van der Waals surface area contributed by atoms with Gasteiger partial charge in [-0.25, -0.2) is 4.98 Å². The van der Waals surface area contributed by atoms with E-state index in [1.807, 2.05) is 13.0 Å². The van der Waals surface area contributed by atoms with Gasteiger partial charge in [0.1, 0.15) is 11.7 Å². The Labute approximate surface area is 149 Å². The van der Waals surface area contributed by atoms with E-state index in [-0.39, 0.29) is 5.78 Å². The molecule has 2 aromatic heterocycles. The average Bonchev–Trinajstić information content (AvgIpc) is 3.17. The van der Waals surface area contributed by atoms with E-state index in [1.165, 1.54) is 11.8 Å². The van der Waals surface area contributed by atoms with Crippen LogP contribution in [0.5, 0.6) is 0 Å². The number of anilines is 1. The van der Waals surface area contributed by atoms with Gasteiger partial charge in [-0.05, 0) is 44.2 Å². The number of nitrogens with one attached hydrogen (secondary N) is 1. The Morgan fingerprint density at radius 1 is 1.19 bits per heavy atom. The molecule has 1 N–H and O–H groups in total. The number of ketones is 2. The molecule has 130 valence electrons. The lowest BCUT2D eigenvalue weighted by molar-refractivity contribution is -0.138. The van der Waals surface area contributed by atoms with E-state index in [2.05, 4.69) is 15.0 Å². The van der Waals surface area contributed by atoms with Crippen molar-refractivity contribution in [3.05, 3.63) is 54.1 Å². The van der Waals surface area contributed by atoms with Crippen LogP contribution >= 0.6 is 0 Å². The molecule has 2 atom stereocenters. The molecule has 7 nitrogen and oxygen atoms in total. The Bertz CT molecular complexity index is 1060. The molecule has 4 rings (SSSR count). The quantitative estimate of drug-likeness (QED) is 0.578. The van der Waals surface area contributed by atoms with Crippen LogP contribution in [0.3, 0.4) is 0 Å². The first-order chi connectivity index (χ1) is 12.5. The summed E-state index contributed by atoms with van der Waals surface area (Å²) >= 11 is 0. The zero-order valence-electron chi connectivity index (χ0n) is 14.3. The number of carbonyl (C=O) groups is 3. The van der Waals surface area contributed by atoms with E-state index in [0.717, 1.165) is 16.7 Å². The lowest BCUT2D eigenvalue weighted by Crippen LogP contribution is -2.30. The second kappa shape index (κ2) is 5.87. The SMILES string of the molecule is CC(=O)C1C(=O)C(=O)N(c2ccc3nc[nH]c3c2)C1c1cccc(C)n1. The van der Waals surface area contributed by atoms with Crippen molar-refractivity contribution in [2.24, 2.45) is 5.92 Å². The number of aryl methyl sites for hydroxylation is 1. The summed E-state index contributed by atoms with van der Waals surface area (Å²) in [5.74, 6) is -2.80. The third kappa shape index (κ3) is 2.40. The number of aromatic nitrogens is 3. The molecule has 1 saturated heterocycles. The molecular formula is C19H16N4O3. The molecule has 3 heterocycles. The molecule has 1 amide bonds. The molecule has 1 aliphatic heterocycles. The minimum Gasteiger partial charge on any atom is -0.345 e. The summed E-state index contributed by atoms with van der Waals surface area (Å²) in [5, 5.41) is 0. The summed E-state index contributed by atoms with van der Waals surface area (Å²) in [6.07, 6.45) is 1.56. The third-order valence-electron chi connectivity index (χ3n) is 4.64. The van der Waals surface area contributed by atoms with E-state index in [4.69, 9.17) is 0 Å². The minimum absolute atomic E-state index is 0.346. The van der Waals surface area contributed by atoms with Crippen LogP contribution in [0.4, 0.5) is 5.69 Å². The Morgan fingerprint density at radius 2 is 2.00 bits per heavy atom. The number of fused-ring (bicyclic) bond motifs is 1. The van der Waals surface area contributed by atoms with Gasteiger partial charge in [0.2, 0.25) is 5.78 Å². The number of benzene rings is 1. The van der Waals surface area contributed by atoms with Gasteiger partial charge < -0.3 is 4.98 Å². The van der Waals surface area contributed by atoms with Crippen LogP contribution in [0.1, 0.15) is 24.4 Å². The first kappa shape index (κ1) is 16.1. The number of H-pyrrole nitrogens is 1. The van der Waals surface area contributed by atoms with Crippen molar-refractivity contribution in [2.75, 3.05) is 4.90 Å². The maximum absolute atomic E-state index is 12.7. The molecule has 0 bridgehead atoms. The zero-order chi connectivity index (χ0) is 18.4. The molecule has 7 heteroatoms. The largest absolute Gasteiger partial charge is 0.345 e. The van der Waals surface area contributed by atoms with Crippen LogP contribution in [0.15, 0.2) is 42.7 Å². The summed E-state index contributed by atoms with van der Waals surface area (Å²) in [7, 11) is 0. The van der Waals surface area contributed by atoms with E-state index in [0.29, 0.717) is 11.4 Å². The highest BCUT2D eigenvalue weighted by Gasteiger charge is 2.51. The van der Waals surface area contributed by atoms with Gasteiger partial charge in [-0.1, -0.05) is 6.07 Å². The minimum atomic E-state index is -1.06. The van der Waals surface area contributed by atoms with E-state index in [9.17, 15) is 14.4 Å². The molecule has 26 heavy (non-hydrogen) atoms. The summed E-state index contributed by atoms with van der Waals surface area (Å²) in [5.41, 5.74) is 3.29. The standard InChI is InChI=1S/C19H16N4O3/c1-10-4-3-5-14(22-10)17-16(11(2)24)18(25)19(26)23(17)12-6-7-13-15(8-12)21-9-20-13/h3-9,16-17H,1-2H3,(H,20,21). The van der Waals surface area contributed by atoms with Crippen molar-refractivity contribution in [1.29, 1.82) is 0 Å². The monoisotopic (exact) mass is 348 g/mol. The summed E-state index contributed by atoms with van der Waals surface area (Å²) < 4.78 is 0. The number of rotatable bonds is 3. The van der Waals surface area contributed by atoms with Crippen molar-refractivity contribution in [1.82, 2.24) is 15.0 Å². The van der Waals surface area contributed by atoms with E-state index in [1.54, 1.807) is 36.7 Å². The highest BCUT2D eigenvalue weighted by Crippen LogP contribution is 2.40. The maximum atomic E-state index is 12.7. The van der Waals surface area contributed by atoms with Gasteiger partial charge in [-0.3, -0.25) is 24.3 Å². The molecule has 0 aliphatic carbocycles. The molecule has 0 radical (unpaired) electrons. The van der Waals surface area contributed by atoms with Gasteiger partial charge in [0.25, 0.3) is 5.91 Å². The second-order valence-corrected chi connectivity index (χ2v) is 6.38. The van der Waals surface area contributed by atoms with E-state index >= 15 is 0 Å². The van der Waals surface area contributed by atoms with Gasteiger partial charge in [0.05, 0.1) is 29.1 Å². The highest BCUT2D eigenvalue weighted by molar-refractivity contribution is 6.48. The number of pyridine rings is 1. The van der Waals surface area contributed by atoms with Crippen LogP contribution in [-0.2, 0) is 14.4 Å². The lowest BCUT2D eigenvalue weighted by atomic mass is 9.92. The van der Waals surface area contributed by atoms with Gasteiger partial charge in [0.15, 0.2) is 0 Å². The van der Waals surface area contributed by atoms with Gasteiger partial charge in [-0.2, -0.15) is 0 Å². The molecule has 1 fully saturated rings. The van der Waals surface area contributed by atoms with Gasteiger partial charge >= 0.3 is 0 Å². The topological polar surface area (TPSA) is 96.0 Å². The number of aromatic amines is 1. The first-order valence-electron chi connectivity index (χ1n) is 8.22. The van der Waals surface area contributed by atoms with Crippen LogP contribution in [0.2, 0.25) is 0 Å². The third-order valence-corrected chi connectivity index (χ3v) is 4.64. The number of hydrogen-bond acceptors (Lipinski definition) is 5. The van der Waals surface area contributed by atoms with E-state index < -0.39 is 23.7 Å². The van der Waals surface area contributed by atoms with Crippen LogP contribution in [0, 0.1) is 12.8 Å². The van der Waals surface area contributed by atoms with Crippen LogP contribution in [0.25, 0.3) is 11.0 Å². The van der Waals surface area contributed by atoms with Crippen molar-refractivity contribution in [3.8, 4) is 0 Å². The van der Waals surface area contributed by atoms with Crippen LogP contribution < -0.4 is 4.90 Å². The number of nitrogens with zero attached hydrogens (tertiary/aromatic N) is 3. The first-order valence-corrected chi connectivity index (χ1v) is 8.22. The Hall–Kier alpha value is -3.35. The lowest BCUT2D eigenvalue weighted by Gasteiger charge is -2.26. The second-order valence-electron chi connectivity index (χ2n) is 6.38. The summed E-state index contributed by atoms with van der Waals surface area (Å²) in [4.78, 5) is 50.5. The van der Waals surface area contributed by atoms with Crippen molar-refractivity contribution < 1.29 is 14.4 Å². The predicted octanol–water partition coefficient (Wildman–Crippen LogP) is 2.13. The average molecular weight is 348 g/mol. The molecule has 0 spiro atoms. The van der Waals surface area contributed by atoms with Crippen molar-refractivity contribution in [3.63, 3.8) is 0 Å². The number of hydrogen-bond donors (Lipinski definition) is 1. The smallest absolute Gasteiger partial charge is 0.295 e. The highest BCUT2D eigenvalue weighted by atomic mass is 16.2. The van der Waals surface area contributed by atoms with Crippen molar-refractivity contribution >= 4 is 34.2 Å². The van der Waals surface area contributed by atoms with Gasteiger partial charge in [-0.15, -0.1) is 0 Å². The molecular weight excluding hydrogens is 332 g/mol. The number of amides is 1. The summed E-state index contributed by atoms with van der Waals surface area (Å²) in [6, 6.07) is 9.85. The molecule has 3 aromatic rings. The Morgan fingerprint density at radius 3 is 2.73 bits per heavy atom.